The second-order valence-corrected chi connectivity index (χ2v) is 7.57. The number of carbonyl (C=O) groups is 3. The van der Waals surface area contributed by atoms with Gasteiger partial charge in [0.2, 0.25) is 0 Å². The Kier molecular flexibility index (Phi) is 6.95. The van der Waals surface area contributed by atoms with Gasteiger partial charge in [-0.3, -0.25) is 4.79 Å². The van der Waals surface area contributed by atoms with Crippen molar-refractivity contribution in [2.24, 2.45) is 0 Å². The maximum absolute atomic E-state index is 12.6. The lowest BCUT2D eigenvalue weighted by molar-refractivity contribution is -0.124. The van der Waals surface area contributed by atoms with Crippen LogP contribution in [-0.2, 0) is 9.53 Å². The van der Waals surface area contributed by atoms with Gasteiger partial charge in [-0.05, 0) is 50.6 Å². The van der Waals surface area contributed by atoms with Crippen LogP contribution in [0.5, 0.6) is 0 Å². The molecule has 0 spiro atoms. The minimum absolute atomic E-state index is 0.0530. The smallest absolute Gasteiger partial charge is 0.338 e. The highest BCUT2D eigenvalue weighted by molar-refractivity contribution is 6.33. The number of imidazole rings is 1. The number of hydrogen-bond donors (Lipinski definition) is 3. The third kappa shape index (κ3) is 5.15. The van der Waals surface area contributed by atoms with E-state index in [-0.39, 0.29) is 22.7 Å². The molecule has 0 saturated carbocycles. The standard InChI is InChI=1S/C23H22ClN3O5/c1-4-19(21(28)27-16-9-10-18(24)17(11-16)22(29)30)32-23(31)15-7-5-14(6-8-15)20-25-12(2)13(3)26-20/h5-11,19H,4H2,1-3H3,(H,25,26)(H,27,28)(H,29,30). The number of carbonyl (C=O) groups excluding carboxylic acids is 2. The average Bonchev–Trinajstić information content (AvgIpc) is 3.11. The topological polar surface area (TPSA) is 121 Å². The van der Waals surface area contributed by atoms with Crippen LogP contribution < -0.4 is 5.32 Å². The van der Waals surface area contributed by atoms with Gasteiger partial charge in [-0.25, -0.2) is 14.6 Å². The number of aromatic carboxylic acids is 1. The first-order valence-corrected chi connectivity index (χ1v) is 10.3. The first kappa shape index (κ1) is 23.0. The number of hydrogen-bond acceptors (Lipinski definition) is 5. The number of anilines is 1. The summed E-state index contributed by atoms with van der Waals surface area (Å²) < 4.78 is 5.37. The van der Waals surface area contributed by atoms with Crippen molar-refractivity contribution in [3.05, 3.63) is 70.0 Å². The SMILES string of the molecule is CCC(OC(=O)c1ccc(-c2nc(C)c(C)[nH]2)cc1)C(=O)Nc1ccc(Cl)c(C(=O)O)c1. The van der Waals surface area contributed by atoms with Crippen molar-refractivity contribution in [3.8, 4) is 11.4 Å². The number of carboxylic acid groups (broad SMARTS) is 1. The van der Waals surface area contributed by atoms with Gasteiger partial charge < -0.3 is 20.1 Å². The first-order chi connectivity index (χ1) is 15.2. The van der Waals surface area contributed by atoms with Gasteiger partial charge in [0, 0.05) is 16.9 Å². The molecule has 0 aliphatic carbocycles. The second kappa shape index (κ2) is 9.65. The van der Waals surface area contributed by atoms with E-state index in [0.29, 0.717) is 11.4 Å². The van der Waals surface area contributed by atoms with Crippen molar-refractivity contribution < 1.29 is 24.2 Å². The molecule has 3 rings (SSSR count). The van der Waals surface area contributed by atoms with Crippen LogP contribution in [0.3, 0.4) is 0 Å². The van der Waals surface area contributed by atoms with Gasteiger partial charge in [0.05, 0.1) is 21.8 Å². The normalized spacial score (nSPS) is 11.6. The highest BCUT2D eigenvalue weighted by atomic mass is 35.5. The molecule has 0 bridgehead atoms. The summed E-state index contributed by atoms with van der Waals surface area (Å²) in [6, 6.07) is 10.8. The molecule has 2 aromatic carbocycles. The molecule has 1 heterocycles. The molecule has 3 aromatic rings. The van der Waals surface area contributed by atoms with E-state index in [1.54, 1.807) is 31.2 Å². The number of halogens is 1. The first-order valence-electron chi connectivity index (χ1n) is 9.88. The van der Waals surface area contributed by atoms with E-state index < -0.39 is 23.9 Å². The number of esters is 1. The van der Waals surface area contributed by atoms with Crippen LogP contribution in [0, 0.1) is 13.8 Å². The molecule has 1 unspecified atom stereocenters. The summed E-state index contributed by atoms with van der Waals surface area (Å²) in [5, 5.41) is 11.8. The Labute approximate surface area is 189 Å². The number of nitrogens with zero attached hydrogens (tertiary/aromatic N) is 1. The molecule has 1 amide bonds. The number of aromatic amines is 1. The molecule has 3 N–H and O–H groups in total. The van der Waals surface area contributed by atoms with Crippen molar-refractivity contribution in [2.45, 2.75) is 33.3 Å². The maximum atomic E-state index is 12.6. The molecule has 9 heteroatoms. The average molecular weight is 456 g/mol. The summed E-state index contributed by atoms with van der Waals surface area (Å²) in [6.45, 7) is 5.54. The Hall–Kier alpha value is -3.65. The zero-order valence-corrected chi connectivity index (χ0v) is 18.5. The van der Waals surface area contributed by atoms with Gasteiger partial charge in [0.25, 0.3) is 5.91 Å². The number of amides is 1. The third-order valence-electron chi connectivity index (χ3n) is 4.90. The highest BCUT2D eigenvalue weighted by Gasteiger charge is 2.23. The molecular weight excluding hydrogens is 434 g/mol. The maximum Gasteiger partial charge on any atom is 0.338 e. The number of aryl methyl sites for hydroxylation is 2. The summed E-state index contributed by atoms with van der Waals surface area (Å²) in [5.74, 6) is -1.73. The summed E-state index contributed by atoms with van der Waals surface area (Å²) in [4.78, 5) is 43.9. The molecular formula is C23H22ClN3O5. The van der Waals surface area contributed by atoms with Gasteiger partial charge in [-0.2, -0.15) is 0 Å². The van der Waals surface area contributed by atoms with Gasteiger partial charge >= 0.3 is 11.9 Å². The van der Waals surface area contributed by atoms with E-state index in [1.165, 1.54) is 18.2 Å². The molecule has 0 radical (unpaired) electrons. The summed E-state index contributed by atoms with van der Waals surface area (Å²) in [7, 11) is 0. The Morgan fingerprint density at radius 1 is 1.16 bits per heavy atom. The van der Waals surface area contributed by atoms with Crippen LogP contribution >= 0.6 is 11.6 Å². The number of benzene rings is 2. The fourth-order valence-corrected chi connectivity index (χ4v) is 3.16. The number of ether oxygens (including phenoxy) is 1. The van der Waals surface area contributed by atoms with Gasteiger partial charge in [-0.15, -0.1) is 0 Å². The number of rotatable bonds is 7. The van der Waals surface area contributed by atoms with E-state index in [0.717, 1.165) is 17.0 Å². The van der Waals surface area contributed by atoms with E-state index in [9.17, 15) is 14.4 Å². The van der Waals surface area contributed by atoms with Crippen LogP contribution in [0.25, 0.3) is 11.4 Å². The Balaban J connectivity index is 1.68. The van der Waals surface area contributed by atoms with Gasteiger partial charge in [0.1, 0.15) is 5.82 Å². The number of H-pyrrole nitrogens is 1. The molecule has 32 heavy (non-hydrogen) atoms. The lowest BCUT2D eigenvalue weighted by Crippen LogP contribution is -2.32. The molecule has 166 valence electrons. The van der Waals surface area contributed by atoms with Gasteiger partial charge in [0.15, 0.2) is 6.10 Å². The predicted octanol–water partition coefficient (Wildman–Crippen LogP) is 4.62. The predicted molar refractivity (Wildman–Crippen MR) is 120 cm³/mol. The lowest BCUT2D eigenvalue weighted by Gasteiger charge is -2.16. The van der Waals surface area contributed by atoms with Crippen molar-refractivity contribution in [1.82, 2.24) is 9.97 Å². The molecule has 0 fully saturated rings. The third-order valence-corrected chi connectivity index (χ3v) is 5.23. The van der Waals surface area contributed by atoms with Crippen molar-refractivity contribution in [3.63, 3.8) is 0 Å². The quantitative estimate of drug-likeness (QED) is 0.447. The molecule has 0 aliphatic rings. The fourth-order valence-electron chi connectivity index (χ4n) is 2.96. The Morgan fingerprint density at radius 2 is 1.84 bits per heavy atom. The molecule has 0 aliphatic heterocycles. The van der Waals surface area contributed by atoms with Crippen molar-refractivity contribution in [1.29, 1.82) is 0 Å². The second-order valence-electron chi connectivity index (χ2n) is 7.16. The van der Waals surface area contributed by atoms with E-state index in [4.69, 9.17) is 21.4 Å². The van der Waals surface area contributed by atoms with Crippen LogP contribution in [0.15, 0.2) is 42.5 Å². The summed E-state index contributed by atoms with van der Waals surface area (Å²) >= 11 is 5.84. The Morgan fingerprint density at radius 3 is 2.41 bits per heavy atom. The van der Waals surface area contributed by atoms with Crippen LogP contribution in [0.1, 0.15) is 45.4 Å². The van der Waals surface area contributed by atoms with Crippen molar-refractivity contribution in [2.75, 3.05) is 5.32 Å². The molecule has 1 aromatic heterocycles. The van der Waals surface area contributed by atoms with Crippen LogP contribution in [0.4, 0.5) is 5.69 Å². The van der Waals surface area contributed by atoms with Crippen LogP contribution in [0.2, 0.25) is 5.02 Å². The zero-order chi connectivity index (χ0) is 23.4. The molecule has 0 saturated heterocycles. The fraction of sp³-hybridized carbons (Fsp3) is 0.217. The summed E-state index contributed by atoms with van der Waals surface area (Å²) in [6.07, 6.45) is -0.818. The minimum Gasteiger partial charge on any atom is -0.478 e. The zero-order valence-electron chi connectivity index (χ0n) is 17.7. The highest BCUT2D eigenvalue weighted by Crippen LogP contribution is 2.22. The largest absolute Gasteiger partial charge is 0.478 e. The Bertz CT molecular complexity index is 1150. The number of nitrogens with one attached hydrogen (secondary N) is 2. The van der Waals surface area contributed by atoms with Crippen molar-refractivity contribution >= 4 is 35.1 Å². The lowest BCUT2D eigenvalue weighted by atomic mass is 10.1. The minimum atomic E-state index is -1.21. The molecule has 8 nitrogen and oxygen atoms in total. The number of carboxylic acids is 1. The molecule has 1 atom stereocenters. The number of aromatic nitrogens is 2. The van der Waals surface area contributed by atoms with Gasteiger partial charge in [-0.1, -0.05) is 30.7 Å². The van der Waals surface area contributed by atoms with E-state index in [1.807, 2.05) is 13.8 Å². The van der Waals surface area contributed by atoms with E-state index >= 15 is 0 Å². The van der Waals surface area contributed by atoms with Crippen LogP contribution in [-0.4, -0.2) is 39.0 Å². The monoisotopic (exact) mass is 455 g/mol. The summed E-state index contributed by atoms with van der Waals surface area (Å²) in [5.41, 5.74) is 3.07. The van der Waals surface area contributed by atoms with E-state index in [2.05, 4.69) is 15.3 Å².